The minimum absolute atomic E-state index is 0.252. The quantitative estimate of drug-likeness (QED) is 0.772. The fourth-order valence-corrected chi connectivity index (χ4v) is 2.73. The Morgan fingerprint density at radius 1 is 1.33 bits per heavy atom. The van der Waals surface area contributed by atoms with Crippen molar-refractivity contribution in [3.05, 3.63) is 34.1 Å². The molecule has 0 aliphatic carbocycles. The first-order chi connectivity index (χ1) is 8.58. The van der Waals surface area contributed by atoms with E-state index < -0.39 is 0 Å². The fourth-order valence-electron chi connectivity index (χ4n) is 2.21. The third-order valence-electron chi connectivity index (χ3n) is 3.44. The van der Waals surface area contributed by atoms with Gasteiger partial charge in [0.1, 0.15) is 5.82 Å². The predicted molar refractivity (Wildman–Crippen MR) is 77.1 cm³/mol. The van der Waals surface area contributed by atoms with Gasteiger partial charge < -0.3 is 5.11 Å². The lowest BCUT2D eigenvalue weighted by atomic mass is 9.89. The van der Waals surface area contributed by atoms with Gasteiger partial charge in [0.05, 0.1) is 6.10 Å². The summed E-state index contributed by atoms with van der Waals surface area (Å²) in [7, 11) is 0. The van der Waals surface area contributed by atoms with E-state index in [0.717, 1.165) is 35.7 Å². The van der Waals surface area contributed by atoms with Crippen molar-refractivity contribution in [2.45, 2.75) is 52.1 Å². The van der Waals surface area contributed by atoms with Crippen LogP contribution in [0.1, 0.15) is 45.1 Å². The van der Waals surface area contributed by atoms with Gasteiger partial charge in [-0.15, -0.1) is 0 Å². The average Bonchev–Trinajstić information content (AvgIpc) is 2.34. The number of rotatable bonds is 7. The Hall–Kier alpha value is -0.410. The summed E-state index contributed by atoms with van der Waals surface area (Å²) in [6, 6.07) is 4.64. The van der Waals surface area contributed by atoms with E-state index >= 15 is 0 Å². The zero-order chi connectivity index (χ0) is 13.5. The number of aliphatic hydroxyl groups is 1. The molecule has 0 aliphatic heterocycles. The second kappa shape index (κ2) is 7.90. The minimum atomic E-state index is -0.344. The van der Waals surface area contributed by atoms with Crippen molar-refractivity contribution in [3.63, 3.8) is 0 Å². The van der Waals surface area contributed by atoms with Gasteiger partial charge in [0.25, 0.3) is 0 Å². The molecule has 0 fully saturated rings. The standard InChI is InChI=1S/C15H22BrFO/c1-3-5-6-11(4-2)15(18)9-12-7-8-13(17)10-14(12)16/h7-8,10-11,15,18H,3-6,9H2,1-2H3. The molecule has 102 valence electrons. The summed E-state index contributed by atoms with van der Waals surface area (Å²) in [5, 5.41) is 10.3. The molecule has 1 rings (SSSR count). The Morgan fingerprint density at radius 2 is 2.06 bits per heavy atom. The molecular weight excluding hydrogens is 295 g/mol. The van der Waals surface area contributed by atoms with Gasteiger partial charge in [0.2, 0.25) is 0 Å². The Labute approximate surface area is 118 Å². The molecule has 0 amide bonds. The maximum absolute atomic E-state index is 13.0. The fraction of sp³-hybridized carbons (Fsp3) is 0.600. The molecule has 2 unspecified atom stereocenters. The summed E-state index contributed by atoms with van der Waals surface area (Å²) in [5.41, 5.74) is 0.971. The number of unbranched alkanes of at least 4 members (excludes halogenated alkanes) is 1. The van der Waals surface area contributed by atoms with E-state index in [-0.39, 0.29) is 11.9 Å². The number of hydrogen-bond donors (Lipinski definition) is 1. The molecule has 2 atom stereocenters. The maximum atomic E-state index is 13.0. The van der Waals surface area contributed by atoms with Gasteiger partial charge in [-0.05, 0) is 36.5 Å². The van der Waals surface area contributed by atoms with Crippen LogP contribution in [0.25, 0.3) is 0 Å². The van der Waals surface area contributed by atoms with Gasteiger partial charge in [-0.1, -0.05) is 55.1 Å². The molecule has 0 aliphatic rings. The van der Waals surface area contributed by atoms with E-state index in [4.69, 9.17) is 0 Å². The van der Waals surface area contributed by atoms with Crippen molar-refractivity contribution in [1.29, 1.82) is 0 Å². The zero-order valence-electron chi connectivity index (χ0n) is 11.1. The molecule has 1 nitrogen and oxygen atoms in total. The second-order valence-electron chi connectivity index (χ2n) is 4.82. The molecule has 0 bridgehead atoms. The topological polar surface area (TPSA) is 20.2 Å². The molecule has 0 aromatic heterocycles. The van der Waals surface area contributed by atoms with Crippen molar-refractivity contribution in [1.82, 2.24) is 0 Å². The lowest BCUT2D eigenvalue weighted by Crippen LogP contribution is -2.22. The van der Waals surface area contributed by atoms with Crippen molar-refractivity contribution < 1.29 is 9.50 Å². The van der Waals surface area contributed by atoms with Gasteiger partial charge in [-0.25, -0.2) is 4.39 Å². The monoisotopic (exact) mass is 316 g/mol. The smallest absolute Gasteiger partial charge is 0.124 e. The van der Waals surface area contributed by atoms with E-state index in [0.29, 0.717) is 12.3 Å². The highest BCUT2D eigenvalue weighted by atomic mass is 79.9. The van der Waals surface area contributed by atoms with E-state index in [1.54, 1.807) is 6.07 Å². The van der Waals surface area contributed by atoms with Gasteiger partial charge >= 0.3 is 0 Å². The van der Waals surface area contributed by atoms with Crippen LogP contribution in [0.5, 0.6) is 0 Å². The summed E-state index contributed by atoms with van der Waals surface area (Å²) in [4.78, 5) is 0. The normalized spacial score (nSPS) is 14.5. The Morgan fingerprint density at radius 3 is 2.61 bits per heavy atom. The lowest BCUT2D eigenvalue weighted by Gasteiger charge is -2.22. The first-order valence-electron chi connectivity index (χ1n) is 6.70. The van der Waals surface area contributed by atoms with Gasteiger partial charge in [0.15, 0.2) is 0 Å². The molecular formula is C15H22BrFO. The largest absolute Gasteiger partial charge is 0.392 e. The van der Waals surface area contributed by atoms with Crippen LogP contribution in [0, 0.1) is 11.7 Å². The summed E-state index contributed by atoms with van der Waals surface area (Å²) < 4.78 is 13.7. The summed E-state index contributed by atoms with van der Waals surface area (Å²) in [5.74, 6) is 0.0834. The van der Waals surface area contributed by atoms with Crippen LogP contribution in [-0.2, 0) is 6.42 Å². The third kappa shape index (κ3) is 4.69. The first kappa shape index (κ1) is 15.6. The third-order valence-corrected chi connectivity index (χ3v) is 4.18. The van der Waals surface area contributed by atoms with E-state index in [1.165, 1.54) is 12.1 Å². The number of aliphatic hydroxyl groups excluding tert-OH is 1. The van der Waals surface area contributed by atoms with Crippen LogP contribution in [-0.4, -0.2) is 11.2 Å². The molecule has 1 aromatic rings. The van der Waals surface area contributed by atoms with Gasteiger partial charge in [-0.2, -0.15) is 0 Å². The van der Waals surface area contributed by atoms with Crippen molar-refractivity contribution >= 4 is 15.9 Å². The number of halogens is 2. The highest BCUT2D eigenvalue weighted by molar-refractivity contribution is 9.10. The second-order valence-corrected chi connectivity index (χ2v) is 5.67. The van der Waals surface area contributed by atoms with Crippen molar-refractivity contribution in [2.75, 3.05) is 0 Å². The highest BCUT2D eigenvalue weighted by Gasteiger charge is 2.18. The summed E-state index contributed by atoms with van der Waals surface area (Å²) in [6.07, 6.45) is 4.60. The van der Waals surface area contributed by atoms with Crippen molar-refractivity contribution in [2.24, 2.45) is 5.92 Å². The zero-order valence-corrected chi connectivity index (χ0v) is 12.7. The lowest BCUT2D eigenvalue weighted by molar-refractivity contribution is 0.0986. The summed E-state index contributed by atoms with van der Waals surface area (Å²) in [6.45, 7) is 4.28. The number of benzene rings is 1. The molecule has 3 heteroatoms. The Bertz CT molecular complexity index is 368. The Kier molecular flexibility index (Phi) is 6.87. The molecule has 18 heavy (non-hydrogen) atoms. The molecule has 0 radical (unpaired) electrons. The van der Waals surface area contributed by atoms with Crippen molar-refractivity contribution in [3.8, 4) is 0 Å². The first-order valence-corrected chi connectivity index (χ1v) is 7.49. The average molecular weight is 317 g/mol. The molecule has 1 N–H and O–H groups in total. The molecule has 0 spiro atoms. The molecule has 0 saturated heterocycles. The SMILES string of the molecule is CCCCC(CC)C(O)Cc1ccc(F)cc1Br. The van der Waals surface area contributed by atoms with Crippen LogP contribution < -0.4 is 0 Å². The summed E-state index contributed by atoms with van der Waals surface area (Å²) >= 11 is 3.35. The highest BCUT2D eigenvalue weighted by Crippen LogP contribution is 2.24. The van der Waals surface area contributed by atoms with E-state index in [9.17, 15) is 9.50 Å². The van der Waals surface area contributed by atoms with Crippen LogP contribution in [0.15, 0.2) is 22.7 Å². The number of hydrogen-bond acceptors (Lipinski definition) is 1. The van der Waals surface area contributed by atoms with E-state index in [1.807, 2.05) is 0 Å². The van der Waals surface area contributed by atoms with Crippen LogP contribution in [0.2, 0.25) is 0 Å². The maximum Gasteiger partial charge on any atom is 0.124 e. The van der Waals surface area contributed by atoms with Gasteiger partial charge in [0, 0.05) is 4.47 Å². The van der Waals surface area contributed by atoms with Crippen LogP contribution >= 0.6 is 15.9 Å². The van der Waals surface area contributed by atoms with Crippen LogP contribution in [0.4, 0.5) is 4.39 Å². The molecule has 1 aromatic carbocycles. The Balaban J connectivity index is 2.64. The predicted octanol–water partition coefficient (Wildman–Crippen LogP) is 4.71. The minimum Gasteiger partial charge on any atom is -0.392 e. The van der Waals surface area contributed by atoms with Crippen LogP contribution in [0.3, 0.4) is 0 Å². The van der Waals surface area contributed by atoms with Gasteiger partial charge in [-0.3, -0.25) is 0 Å². The molecule has 0 heterocycles. The van der Waals surface area contributed by atoms with E-state index in [2.05, 4.69) is 29.8 Å². The molecule has 0 saturated carbocycles.